The molecule has 108 valence electrons. The summed E-state index contributed by atoms with van der Waals surface area (Å²) in [5.74, 6) is 0.705. The summed E-state index contributed by atoms with van der Waals surface area (Å²) in [5, 5.41) is 1.34. The first-order valence-electron chi connectivity index (χ1n) is 6.84. The first-order chi connectivity index (χ1) is 9.44. The van der Waals surface area contributed by atoms with Crippen LogP contribution in [-0.2, 0) is 0 Å². The van der Waals surface area contributed by atoms with E-state index in [1.165, 1.54) is 12.1 Å². The van der Waals surface area contributed by atoms with Crippen LogP contribution < -0.4 is 10.2 Å². The maximum absolute atomic E-state index is 12.7. The van der Waals surface area contributed by atoms with Gasteiger partial charge in [0.15, 0.2) is 0 Å². The molecule has 0 aliphatic heterocycles. The van der Waals surface area contributed by atoms with Gasteiger partial charge in [0.25, 0.3) is 0 Å². The van der Waals surface area contributed by atoms with E-state index in [4.69, 9.17) is 4.74 Å². The van der Waals surface area contributed by atoms with E-state index in [1.54, 1.807) is 18.2 Å². The SMILES string of the molecule is CCC(CC)Oc1ccc2cc([B-](F)(F)F)ccc2c1. The van der Waals surface area contributed by atoms with Crippen molar-refractivity contribution < 1.29 is 17.7 Å². The Hall–Kier alpha value is -1.65. The van der Waals surface area contributed by atoms with Crippen molar-refractivity contribution in [3.63, 3.8) is 0 Å². The molecule has 0 aliphatic carbocycles. The second-order valence-electron chi connectivity index (χ2n) is 4.90. The molecular formula is C15H17BF3O-. The number of hydrogen-bond donors (Lipinski definition) is 0. The van der Waals surface area contributed by atoms with Crippen LogP contribution in [0.1, 0.15) is 26.7 Å². The van der Waals surface area contributed by atoms with Crippen LogP contribution in [0.15, 0.2) is 36.4 Å². The molecule has 0 atom stereocenters. The molecule has 0 heterocycles. The Kier molecular flexibility index (Phi) is 4.26. The van der Waals surface area contributed by atoms with Crippen molar-refractivity contribution in [2.24, 2.45) is 0 Å². The van der Waals surface area contributed by atoms with Gasteiger partial charge >= 0.3 is 6.98 Å². The van der Waals surface area contributed by atoms with Crippen LogP contribution in [0, 0.1) is 0 Å². The van der Waals surface area contributed by atoms with Crippen LogP contribution in [-0.4, -0.2) is 13.1 Å². The lowest BCUT2D eigenvalue weighted by Gasteiger charge is -2.17. The molecule has 0 aromatic heterocycles. The fraction of sp³-hybridized carbons (Fsp3) is 0.333. The van der Waals surface area contributed by atoms with Crippen LogP contribution >= 0.6 is 0 Å². The van der Waals surface area contributed by atoms with E-state index in [0.29, 0.717) is 11.1 Å². The number of halogens is 3. The molecule has 20 heavy (non-hydrogen) atoms. The molecule has 0 radical (unpaired) electrons. The molecule has 2 aromatic carbocycles. The van der Waals surface area contributed by atoms with Gasteiger partial charge < -0.3 is 17.7 Å². The zero-order valence-corrected chi connectivity index (χ0v) is 11.6. The lowest BCUT2D eigenvalue weighted by Crippen LogP contribution is -2.33. The lowest BCUT2D eigenvalue weighted by molar-refractivity contribution is 0.193. The van der Waals surface area contributed by atoms with E-state index in [0.717, 1.165) is 24.3 Å². The van der Waals surface area contributed by atoms with Gasteiger partial charge in [0.2, 0.25) is 0 Å². The third-order valence-corrected chi connectivity index (χ3v) is 3.43. The minimum Gasteiger partial charge on any atom is -0.490 e. The van der Waals surface area contributed by atoms with Crippen LogP contribution in [0.3, 0.4) is 0 Å². The van der Waals surface area contributed by atoms with Gasteiger partial charge in [0.1, 0.15) is 5.75 Å². The molecule has 2 rings (SSSR count). The first-order valence-corrected chi connectivity index (χ1v) is 6.84. The van der Waals surface area contributed by atoms with Crippen LogP contribution in [0.25, 0.3) is 10.8 Å². The highest BCUT2D eigenvalue weighted by atomic mass is 19.4. The number of benzene rings is 2. The second kappa shape index (κ2) is 5.77. The minimum absolute atomic E-state index is 0.144. The molecular weight excluding hydrogens is 264 g/mol. The number of ether oxygens (including phenoxy) is 1. The summed E-state index contributed by atoms with van der Waals surface area (Å²) < 4.78 is 43.9. The zero-order valence-electron chi connectivity index (χ0n) is 11.6. The van der Waals surface area contributed by atoms with Crippen molar-refractivity contribution in [2.45, 2.75) is 32.8 Å². The first kappa shape index (κ1) is 14.8. The summed E-state index contributed by atoms with van der Waals surface area (Å²) in [4.78, 5) is 0. The molecule has 5 heteroatoms. The van der Waals surface area contributed by atoms with E-state index < -0.39 is 12.4 Å². The van der Waals surface area contributed by atoms with Crippen molar-refractivity contribution in [1.82, 2.24) is 0 Å². The fourth-order valence-corrected chi connectivity index (χ4v) is 2.17. The third kappa shape index (κ3) is 3.27. The molecule has 0 bridgehead atoms. The lowest BCUT2D eigenvalue weighted by atomic mass is 9.79. The third-order valence-electron chi connectivity index (χ3n) is 3.43. The zero-order chi connectivity index (χ0) is 14.8. The molecule has 0 fully saturated rings. The monoisotopic (exact) mass is 281 g/mol. The molecule has 1 nitrogen and oxygen atoms in total. The number of hydrogen-bond acceptors (Lipinski definition) is 1. The van der Waals surface area contributed by atoms with E-state index in [9.17, 15) is 12.9 Å². The normalized spacial score (nSPS) is 12.1. The molecule has 0 saturated heterocycles. The quantitative estimate of drug-likeness (QED) is 0.735. The van der Waals surface area contributed by atoms with E-state index in [-0.39, 0.29) is 6.10 Å². The second-order valence-corrected chi connectivity index (χ2v) is 4.90. The minimum atomic E-state index is -4.95. The summed E-state index contributed by atoms with van der Waals surface area (Å²) >= 11 is 0. The van der Waals surface area contributed by atoms with Gasteiger partial charge in [-0.25, -0.2) is 0 Å². The largest absolute Gasteiger partial charge is 0.509 e. The molecule has 0 aliphatic rings. The summed E-state index contributed by atoms with van der Waals surface area (Å²) in [6, 6.07) is 9.02. The molecule has 0 saturated carbocycles. The number of fused-ring (bicyclic) bond motifs is 1. The summed E-state index contributed by atoms with van der Waals surface area (Å²) in [7, 11) is 0. The van der Waals surface area contributed by atoms with Gasteiger partial charge in [-0.3, -0.25) is 0 Å². The Morgan fingerprint density at radius 3 is 2.15 bits per heavy atom. The Bertz CT molecular complexity index is 591. The van der Waals surface area contributed by atoms with Crippen LogP contribution in [0.2, 0.25) is 0 Å². The fourth-order valence-electron chi connectivity index (χ4n) is 2.17. The predicted octanol–water partition coefficient (Wildman–Crippen LogP) is 4.46. The highest BCUT2D eigenvalue weighted by Gasteiger charge is 2.25. The molecule has 0 amide bonds. The van der Waals surface area contributed by atoms with Crippen LogP contribution in [0.5, 0.6) is 5.75 Å². The Labute approximate surface area is 116 Å². The predicted molar refractivity (Wildman–Crippen MR) is 77.7 cm³/mol. The summed E-state index contributed by atoms with van der Waals surface area (Å²) in [5.41, 5.74) is -0.564. The topological polar surface area (TPSA) is 9.23 Å². The van der Waals surface area contributed by atoms with E-state index in [2.05, 4.69) is 0 Å². The molecule has 0 unspecified atom stereocenters. The van der Waals surface area contributed by atoms with Crippen molar-refractivity contribution in [3.05, 3.63) is 36.4 Å². The van der Waals surface area contributed by atoms with Crippen molar-refractivity contribution >= 4 is 23.2 Å². The molecule has 0 N–H and O–H groups in total. The highest BCUT2D eigenvalue weighted by Crippen LogP contribution is 2.23. The Balaban J connectivity index is 2.32. The van der Waals surface area contributed by atoms with Gasteiger partial charge in [0.05, 0.1) is 6.10 Å². The maximum atomic E-state index is 12.7. The maximum Gasteiger partial charge on any atom is 0.509 e. The van der Waals surface area contributed by atoms with Gasteiger partial charge in [-0.2, -0.15) is 0 Å². The average molecular weight is 281 g/mol. The smallest absolute Gasteiger partial charge is 0.490 e. The Morgan fingerprint density at radius 2 is 1.55 bits per heavy atom. The van der Waals surface area contributed by atoms with Crippen molar-refractivity contribution in [1.29, 1.82) is 0 Å². The van der Waals surface area contributed by atoms with Gasteiger partial charge in [-0.15, -0.1) is 5.46 Å². The van der Waals surface area contributed by atoms with Crippen LogP contribution in [0.4, 0.5) is 12.9 Å². The Morgan fingerprint density at radius 1 is 0.950 bits per heavy atom. The summed E-state index contributed by atoms with van der Waals surface area (Å²) in [6.07, 6.45) is 1.96. The van der Waals surface area contributed by atoms with E-state index in [1.807, 2.05) is 13.8 Å². The van der Waals surface area contributed by atoms with Crippen molar-refractivity contribution in [2.75, 3.05) is 0 Å². The molecule has 2 aromatic rings. The summed E-state index contributed by atoms with van der Waals surface area (Å²) in [6.45, 7) is -0.852. The van der Waals surface area contributed by atoms with Crippen molar-refractivity contribution in [3.8, 4) is 5.75 Å². The van der Waals surface area contributed by atoms with Gasteiger partial charge in [0, 0.05) is 0 Å². The standard InChI is InChI=1S/C15H17BF3O/c1-3-14(4-2)20-15-8-6-11-9-13(16(17,18)19)7-5-12(11)10-15/h5-10,14H,3-4H2,1-2H3/q-1. The van der Waals surface area contributed by atoms with Gasteiger partial charge in [-0.05, 0) is 35.7 Å². The number of rotatable bonds is 5. The van der Waals surface area contributed by atoms with Gasteiger partial charge in [-0.1, -0.05) is 38.1 Å². The highest BCUT2D eigenvalue weighted by molar-refractivity contribution is 6.73. The molecule has 0 spiro atoms. The average Bonchev–Trinajstić information content (AvgIpc) is 2.43. The van der Waals surface area contributed by atoms with E-state index >= 15 is 0 Å².